The van der Waals surface area contributed by atoms with Crippen molar-refractivity contribution in [3.05, 3.63) is 88.2 Å². The summed E-state index contributed by atoms with van der Waals surface area (Å²) in [6.07, 6.45) is 1.51. The average Bonchev–Trinajstić information content (AvgIpc) is 3.47. The first-order valence-corrected chi connectivity index (χ1v) is 10.8. The molecule has 1 aliphatic heterocycles. The molecular weight excluding hydrogens is 445 g/mol. The van der Waals surface area contributed by atoms with E-state index >= 15 is 0 Å². The molecule has 0 fully saturated rings. The molecule has 0 unspecified atom stereocenters. The van der Waals surface area contributed by atoms with Crippen LogP contribution in [0.3, 0.4) is 0 Å². The second-order valence-corrected chi connectivity index (χ2v) is 8.14. The highest BCUT2D eigenvalue weighted by atomic mass is 35.5. The van der Waals surface area contributed by atoms with Crippen LogP contribution < -0.4 is 10.1 Å². The Hall–Kier alpha value is -3.49. The summed E-state index contributed by atoms with van der Waals surface area (Å²) in [5.74, 6) is 1.07. The molecule has 4 aromatic rings. The number of hydrogen-bond acceptors (Lipinski definition) is 7. The highest BCUT2D eigenvalue weighted by Crippen LogP contribution is 2.31. The minimum atomic E-state index is -0.481. The van der Waals surface area contributed by atoms with Crippen LogP contribution >= 0.6 is 11.6 Å². The van der Waals surface area contributed by atoms with Crippen molar-refractivity contribution < 1.29 is 13.7 Å². The molecule has 0 amide bonds. The standard InChI is InChI=1S/C24H21ClFN5O2/c1-32-21-8-7-19(25)17(23(21)26)10-27-24-18-12-31(13-20(18)28-14-29-24)11-16-9-22(33-30-16)15-5-3-2-4-6-15/h2-9,14H,10-13H2,1H3,(H,27,28,29). The molecule has 0 bridgehead atoms. The molecule has 0 saturated carbocycles. The molecule has 0 saturated heterocycles. The number of nitrogens with zero attached hydrogens (tertiary/aromatic N) is 4. The van der Waals surface area contributed by atoms with Crippen molar-refractivity contribution in [2.45, 2.75) is 26.2 Å². The van der Waals surface area contributed by atoms with Gasteiger partial charge in [-0.05, 0) is 12.1 Å². The predicted octanol–water partition coefficient (Wildman–Crippen LogP) is 5.06. The largest absolute Gasteiger partial charge is 0.494 e. The minimum Gasteiger partial charge on any atom is -0.494 e. The van der Waals surface area contributed by atoms with Gasteiger partial charge in [-0.3, -0.25) is 4.90 Å². The van der Waals surface area contributed by atoms with Crippen LogP contribution in [0.25, 0.3) is 11.3 Å². The lowest BCUT2D eigenvalue weighted by Gasteiger charge is -2.14. The Morgan fingerprint density at radius 2 is 2.00 bits per heavy atom. The van der Waals surface area contributed by atoms with E-state index in [9.17, 15) is 4.39 Å². The second kappa shape index (κ2) is 9.17. The normalized spacial score (nSPS) is 13.2. The van der Waals surface area contributed by atoms with Crippen molar-refractivity contribution in [3.63, 3.8) is 0 Å². The van der Waals surface area contributed by atoms with Crippen LogP contribution in [0, 0.1) is 5.82 Å². The molecule has 1 N–H and O–H groups in total. The molecular formula is C24H21ClFN5O2. The molecule has 9 heteroatoms. The minimum absolute atomic E-state index is 0.151. The molecule has 2 aromatic carbocycles. The fourth-order valence-electron chi connectivity index (χ4n) is 3.93. The number of hydrogen-bond donors (Lipinski definition) is 1. The average molecular weight is 466 g/mol. The lowest BCUT2D eigenvalue weighted by molar-refractivity contribution is 0.264. The van der Waals surface area contributed by atoms with Crippen molar-refractivity contribution >= 4 is 17.4 Å². The van der Waals surface area contributed by atoms with Gasteiger partial charge >= 0.3 is 0 Å². The topological polar surface area (TPSA) is 76.3 Å². The Labute approximate surface area is 195 Å². The summed E-state index contributed by atoms with van der Waals surface area (Å²) in [6, 6.07) is 15.0. The summed E-state index contributed by atoms with van der Waals surface area (Å²) >= 11 is 6.21. The molecule has 0 atom stereocenters. The van der Waals surface area contributed by atoms with Gasteiger partial charge in [0.1, 0.15) is 12.1 Å². The molecule has 7 nitrogen and oxygen atoms in total. The number of halogens is 2. The van der Waals surface area contributed by atoms with E-state index in [1.54, 1.807) is 6.07 Å². The smallest absolute Gasteiger partial charge is 0.171 e. The summed E-state index contributed by atoms with van der Waals surface area (Å²) < 4.78 is 25.2. The Kier molecular flexibility index (Phi) is 5.93. The molecule has 2 aromatic heterocycles. The maximum absolute atomic E-state index is 14.6. The first-order valence-electron chi connectivity index (χ1n) is 10.4. The Bertz CT molecular complexity index is 1280. The van der Waals surface area contributed by atoms with Crippen LogP contribution in [0.4, 0.5) is 10.2 Å². The monoisotopic (exact) mass is 465 g/mol. The molecule has 0 spiro atoms. The van der Waals surface area contributed by atoms with E-state index in [0.29, 0.717) is 36.0 Å². The van der Waals surface area contributed by atoms with Gasteiger partial charge in [-0.25, -0.2) is 14.4 Å². The van der Waals surface area contributed by atoms with Gasteiger partial charge in [0.25, 0.3) is 0 Å². The lowest BCUT2D eigenvalue weighted by atomic mass is 10.1. The number of methoxy groups -OCH3 is 1. The van der Waals surface area contributed by atoms with Crippen LogP contribution in [-0.2, 0) is 26.2 Å². The zero-order valence-corrected chi connectivity index (χ0v) is 18.6. The van der Waals surface area contributed by atoms with Gasteiger partial charge in [-0.1, -0.05) is 47.1 Å². The molecule has 33 heavy (non-hydrogen) atoms. The number of rotatable bonds is 7. The fraction of sp³-hybridized carbons (Fsp3) is 0.208. The van der Waals surface area contributed by atoms with E-state index in [2.05, 4.69) is 25.3 Å². The lowest BCUT2D eigenvalue weighted by Crippen LogP contribution is -2.16. The number of anilines is 1. The van der Waals surface area contributed by atoms with Crippen LogP contribution in [0.15, 0.2) is 59.4 Å². The molecule has 168 valence electrons. The van der Waals surface area contributed by atoms with Crippen LogP contribution in [0.2, 0.25) is 5.02 Å². The van der Waals surface area contributed by atoms with Crippen LogP contribution in [0.5, 0.6) is 5.75 Å². The zero-order valence-electron chi connectivity index (χ0n) is 17.9. The first-order chi connectivity index (χ1) is 16.1. The number of aromatic nitrogens is 3. The van der Waals surface area contributed by atoms with Crippen molar-refractivity contribution in [3.8, 4) is 17.1 Å². The summed E-state index contributed by atoms with van der Waals surface area (Å²) in [5, 5.41) is 7.76. The van der Waals surface area contributed by atoms with Crippen molar-refractivity contribution in [1.29, 1.82) is 0 Å². The van der Waals surface area contributed by atoms with Crippen LogP contribution in [-0.4, -0.2) is 27.1 Å². The van der Waals surface area contributed by atoms with Crippen molar-refractivity contribution in [1.82, 2.24) is 20.0 Å². The Morgan fingerprint density at radius 3 is 2.82 bits per heavy atom. The SMILES string of the molecule is COc1ccc(Cl)c(CNc2ncnc3c2CN(Cc2cc(-c4ccccc4)on2)C3)c1F. The van der Waals surface area contributed by atoms with E-state index < -0.39 is 5.82 Å². The Balaban J connectivity index is 1.28. The third-order valence-corrected chi connectivity index (χ3v) is 5.95. The number of nitrogens with one attached hydrogen (secondary N) is 1. The van der Waals surface area contributed by atoms with Crippen molar-refractivity contribution in [2.24, 2.45) is 0 Å². The van der Waals surface area contributed by atoms with Gasteiger partial charge in [0, 0.05) is 54.0 Å². The number of ether oxygens (including phenoxy) is 1. The van der Waals surface area contributed by atoms with Gasteiger partial charge in [0.05, 0.1) is 18.5 Å². The first kappa shape index (κ1) is 21.4. The second-order valence-electron chi connectivity index (χ2n) is 7.74. The van der Waals surface area contributed by atoms with Gasteiger partial charge in [0.15, 0.2) is 17.3 Å². The van der Waals surface area contributed by atoms with E-state index in [0.717, 1.165) is 28.3 Å². The summed E-state index contributed by atoms with van der Waals surface area (Å²) in [4.78, 5) is 11.0. The van der Waals surface area contributed by atoms with Gasteiger partial charge in [-0.2, -0.15) is 0 Å². The molecule has 1 aliphatic rings. The van der Waals surface area contributed by atoms with Gasteiger partial charge in [0.2, 0.25) is 0 Å². The maximum Gasteiger partial charge on any atom is 0.171 e. The number of fused-ring (bicyclic) bond motifs is 1. The Morgan fingerprint density at radius 1 is 1.15 bits per heavy atom. The van der Waals surface area contributed by atoms with E-state index in [1.165, 1.54) is 19.5 Å². The third-order valence-electron chi connectivity index (χ3n) is 5.60. The van der Waals surface area contributed by atoms with Crippen LogP contribution in [0.1, 0.15) is 22.5 Å². The summed E-state index contributed by atoms with van der Waals surface area (Å²) in [7, 11) is 1.42. The fourth-order valence-corrected chi connectivity index (χ4v) is 4.14. The summed E-state index contributed by atoms with van der Waals surface area (Å²) in [5.41, 5.74) is 4.06. The van der Waals surface area contributed by atoms with Crippen molar-refractivity contribution in [2.75, 3.05) is 12.4 Å². The van der Waals surface area contributed by atoms with E-state index in [-0.39, 0.29) is 12.3 Å². The highest BCUT2D eigenvalue weighted by molar-refractivity contribution is 6.31. The highest BCUT2D eigenvalue weighted by Gasteiger charge is 2.25. The molecule has 5 rings (SSSR count). The summed E-state index contributed by atoms with van der Waals surface area (Å²) in [6.45, 7) is 2.09. The maximum atomic E-state index is 14.6. The van der Waals surface area contributed by atoms with E-state index in [1.807, 2.05) is 36.4 Å². The van der Waals surface area contributed by atoms with Gasteiger partial charge < -0.3 is 14.6 Å². The molecule has 0 aliphatic carbocycles. The molecule has 0 radical (unpaired) electrons. The number of benzene rings is 2. The zero-order chi connectivity index (χ0) is 22.8. The third kappa shape index (κ3) is 4.40. The predicted molar refractivity (Wildman–Crippen MR) is 122 cm³/mol. The van der Waals surface area contributed by atoms with Gasteiger partial charge in [-0.15, -0.1) is 0 Å². The quantitative estimate of drug-likeness (QED) is 0.408. The van der Waals surface area contributed by atoms with E-state index in [4.69, 9.17) is 20.9 Å². The molecule has 3 heterocycles.